The number of allylic oxidation sites excluding steroid dienone is 1. The van der Waals surface area contributed by atoms with Crippen LogP contribution in [0.15, 0.2) is 78.2 Å². The first-order chi connectivity index (χ1) is 19.4. The predicted molar refractivity (Wildman–Crippen MR) is 150 cm³/mol. The Kier molecular flexibility index (Phi) is 7.46. The Balaban J connectivity index is 1.69. The van der Waals surface area contributed by atoms with E-state index in [0.717, 1.165) is 11.6 Å². The fourth-order valence-electron chi connectivity index (χ4n) is 5.09. The number of halogens is 3. The second-order valence-electron chi connectivity index (χ2n) is 11.3. The molecule has 2 heterocycles. The van der Waals surface area contributed by atoms with E-state index in [1.807, 2.05) is 13.8 Å². The van der Waals surface area contributed by atoms with Crippen molar-refractivity contribution in [3.05, 3.63) is 107 Å². The lowest BCUT2D eigenvalue weighted by Gasteiger charge is -2.38. The molecule has 41 heavy (non-hydrogen) atoms. The number of nitrogens with zero attached hydrogens (tertiary/aromatic N) is 1. The van der Waals surface area contributed by atoms with Crippen molar-refractivity contribution in [1.29, 1.82) is 0 Å². The first-order valence-corrected chi connectivity index (χ1v) is 13.2. The van der Waals surface area contributed by atoms with E-state index in [9.17, 15) is 18.7 Å². The third kappa shape index (κ3) is 5.75. The molecule has 5 rings (SSSR count). The SMILES string of the molecule is C=C(C)COc1ccc(C2C3=C(CC(C)(C)CO3)Nc3c(O)cccc3N2C(=O)Cc2ccc(F)cc2F)c(F)c1. The summed E-state index contributed by atoms with van der Waals surface area (Å²) in [6.45, 7) is 10.1. The number of phenolic OH excluding ortho intramolecular Hbond substituents is 1. The lowest BCUT2D eigenvalue weighted by molar-refractivity contribution is -0.118. The zero-order valence-electron chi connectivity index (χ0n) is 23.1. The van der Waals surface area contributed by atoms with Crippen molar-refractivity contribution in [2.45, 2.75) is 39.7 Å². The normalized spacial score (nSPS) is 17.5. The fraction of sp³-hybridized carbons (Fsp3) is 0.281. The van der Waals surface area contributed by atoms with Gasteiger partial charge in [-0.25, -0.2) is 13.2 Å². The molecule has 0 aromatic heterocycles. The van der Waals surface area contributed by atoms with Crippen LogP contribution in [0.5, 0.6) is 11.5 Å². The minimum atomic E-state index is -1.11. The molecule has 3 aromatic rings. The van der Waals surface area contributed by atoms with Crippen LogP contribution >= 0.6 is 0 Å². The van der Waals surface area contributed by atoms with Gasteiger partial charge in [-0.2, -0.15) is 0 Å². The number of nitrogens with one attached hydrogen (secondary N) is 1. The number of anilines is 2. The van der Waals surface area contributed by atoms with Crippen molar-refractivity contribution in [2.75, 3.05) is 23.4 Å². The van der Waals surface area contributed by atoms with E-state index in [1.54, 1.807) is 25.1 Å². The Morgan fingerprint density at radius 2 is 1.93 bits per heavy atom. The van der Waals surface area contributed by atoms with Crippen LogP contribution in [0.4, 0.5) is 24.5 Å². The van der Waals surface area contributed by atoms with Crippen LogP contribution in [0.3, 0.4) is 0 Å². The highest BCUT2D eigenvalue weighted by molar-refractivity contribution is 6.01. The summed E-state index contributed by atoms with van der Waals surface area (Å²) in [5, 5.41) is 14.1. The molecular weight excluding hydrogens is 533 g/mol. The van der Waals surface area contributed by atoms with Gasteiger partial charge in [-0.15, -0.1) is 0 Å². The molecule has 2 N–H and O–H groups in total. The molecule has 6 nitrogen and oxygen atoms in total. The van der Waals surface area contributed by atoms with Gasteiger partial charge in [0.05, 0.1) is 24.4 Å². The summed E-state index contributed by atoms with van der Waals surface area (Å²) in [6.07, 6.45) is 0.0376. The van der Waals surface area contributed by atoms with Gasteiger partial charge in [0.2, 0.25) is 5.91 Å². The summed E-state index contributed by atoms with van der Waals surface area (Å²) in [7, 11) is 0. The van der Waals surface area contributed by atoms with Gasteiger partial charge in [0.1, 0.15) is 53.0 Å². The Morgan fingerprint density at radius 1 is 1.15 bits per heavy atom. The van der Waals surface area contributed by atoms with Crippen molar-refractivity contribution in [1.82, 2.24) is 0 Å². The van der Waals surface area contributed by atoms with Gasteiger partial charge in [0, 0.05) is 23.1 Å². The second-order valence-corrected chi connectivity index (χ2v) is 11.3. The number of hydrogen-bond donors (Lipinski definition) is 2. The van der Waals surface area contributed by atoms with Crippen molar-refractivity contribution in [3.63, 3.8) is 0 Å². The highest BCUT2D eigenvalue weighted by Gasteiger charge is 2.42. The number of ether oxygens (including phenoxy) is 2. The number of rotatable bonds is 6. The first-order valence-electron chi connectivity index (χ1n) is 13.2. The van der Waals surface area contributed by atoms with E-state index < -0.39 is 35.8 Å². The number of fused-ring (bicyclic) bond motifs is 1. The molecule has 0 spiro atoms. The first kappa shape index (κ1) is 28.1. The average molecular weight is 565 g/mol. The largest absolute Gasteiger partial charge is 0.506 e. The minimum absolute atomic E-state index is 0.0297. The number of benzene rings is 3. The molecular formula is C32H31F3N2O4. The number of carbonyl (C=O) groups excluding carboxylic acids is 1. The topological polar surface area (TPSA) is 71.0 Å². The van der Waals surface area contributed by atoms with Crippen molar-refractivity contribution >= 4 is 17.3 Å². The lowest BCUT2D eigenvalue weighted by atomic mass is 9.85. The molecule has 2 aliphatic heterocycles. The van der Waals surface area contributed by atoms with Crippen LogP contribution < -0.4 is 15.0 Å². The molecule has 0 saturated heterocycles. The maximum absolute atomic E-state index is 15.9. The average Bonchev–Trinajstić information content (AvgIpc) is 3.03. The molecule has 214 valence electrons. The van der Waals surface area contributed by atoms with Gasteiger partial charge in [-0.1, -0.05) is 32.6 Å². The van der Waals surface area contributed by atoms with Gasteiger partial charge in [-0.05, 0) is 54.8 Å². The summed E-state index contributed by atoms with van der Waals surface area (Å²) >= 11 is 0. The van der Waals surface area contributed by atoms with Crippen LogP contribution in [0, 0.1) is 22.9 Å². The number of aromatic hydroxyl groups is 1. The molecule has 9 heteroatoms. The Bertz CT molecular complexity index is 1570. The highest BCUT2D eigenvalue weighted by atomic mass is 19.1. The minimum Gasteiger partial charge on any atom is -0.506 e. The Labute approximate surface area is 236 Å². The summed E-state index contributed by atoms with van der Waals surface area (Å²) in [6, 6.07) is 10.9. The predicted octanol–water partition coefficient (Wildman–Crippen LogP) is 7.17. The van der Waals surface area contributed by atoms with Crippen molar-refractivity contribution < 1.29 is 32.5 Å². The molecule has 0 aliphatic carbocycles. The fourth-order valence-corrected chi connectivity index (χ4v) is 5.09. The van der Waals surface area contributed by atoms with Crippen molar-refractivity contribution in [3.8, 4) is 11.5 Å². The third-order valence-electron chi connectivity index (χ3n) is 7.01. The van der Waals surface area contributed by atoms with Crippen LogP contribution in [0.2, 0.25) is 0 Å². The van der Waals surface area contributed by atoms with Crippen LogP contribution in [0.25, 0.3) is 0 Å². The van der Waals surface area contributed by atoms with Crippen molar-refractivity contribution in [2.24, 2.45) is 5.41 Å². The molecule has 1 unspecified atom stereocenters. The summed E-state index contributed by atoms with van der Waals surface area (Å²) in [4.78, 5) is 15.4. The van der Waals surface area contributed by atoms with E-state index in [-0.39, 0.29) is 46.0 Å². The summed E-state index contributed by atoms with van der Waals surface area (Å²) in [5.74, 6) is -2.45. The number of amides is 1. The maximum Gasteiger partial charge on any atom is 0.232 e. The number of para-hydroxylation sites is 1. The highest BCUT2D eigenvalue weighted by Crippen LogP contribution is 2.50. The lowest BCUT2D eigenvalue weighted by Crippen LogP contribution is -2.39. The maximum atomic E-state index is 15.9. The molecule has 0 radical (unpaired) electrons. The van der Waals surface area contributed by atoms with E-state index in [1.165, 1.54) is 29.2 Å². The van der Waals surface area contributed by atoms with E-state index in [4.69, 9.17) is 9.47 Å². The second kappa shape index (κ2) is 10.9. The van der Waals surface area contributed by atoms with Gasteiger partial charge >= 0.3 is 0 Å². The molecule has 0 saturated carbocycles. The van der Waals surface area contributed by atoms with Gasteiger partial charge in [0.25, 0.3) is 0 Å². The molecule has 0 fully saturated rings. The Morgan fingerprint density at radius 3 is 2.63 bits per heavy atom. The quantitative estimate of drug-likeness (QED) is 0.246. The summed E-state index contributed by atoms with van der Waals surface area (Å²) in [5.41, 5.74) is 1.62. The third-order valence-corrected chi connectivity index (χ3v) is 7.01. The molecule has 2 aliphatic rings. The monoisotopic (exact) mass is 564 g/mol. The number of hydrogen-bond acceptors (Lipinski definition) is 5. The number of carbonyl (C=O) groups is 1. The molecule has 3 aromatic carbocycles. The van der Waals surface area contributed by atoms with Crippen LogP contribution in [-0.2, 0) is 16.0 Å². The van der Waals surface area contributed by atoms with E-state index >= 15 is 4.39 Å². The van der Waals surface area contributed by atoms with Gasteiger partial charge in [0.15, 0.2) is 0 Å². The van der Waals surface area contributed by atoms with Crippen LogP contribution in [0.1, 0.15) is 44.4 Å². The number of phenols is 1. The zero-order valence-corrected chi connectivity index (χ0v) is 23.1. The molecule has 0 bridgehead atoms. The molecule has 1 amide bonds. The summed E-state index contributed by atoms with van der Waals surface area (Å²) < 4.78 is 56.1. The van der Waals surface area contributed by atoms with Gasteiger partial charge < -0.3 is 19.9 Å². The smallest absolute Gasteiger partial charge is 0.232 e. The molecule has 1 atom stereocenters. The van der Waals surface area contributed by atoms with Crippen LogP contribution in [-0.4, -0.2) is 24.2 Å². The standard InChI is InChI=1S/C32H31F3N2O4/c1-18(2)16-40-21-10-11-22(24(35)14-21)30-31-25(15-32(3,4)17-41-31)36-29-26(6-5-7-27(29)38)37(30)28(39)12-19-8-9-20(33)13-23(19)34/h5-11,13-14,30,36,38H,1,12,15-17H2,2-4H3. The van der Waals surface area contributed by atoms with Gasteiger partial charge in [-0.3, -0.25) is 9.69 Å². The zero-order chi connectivity index (χ0) is 29.5. The Hall–Kier alpha value is -4.40. The van der Waals surface area contributed by atoms with E-state index in [0.29, 0.717) is 30.6 Å². The van der Waals surface area contributed by atoms with E-state index in [2.05, 4.69) is 11.9 Å².